The molecule has 0 aliphatic heterocycles. The van der Waals surface area contributed by atoms with Crippen LogP contribution in [0.15, 0.2) is 0 Å². The summed E-state index contributed by atoms with van der Waals surface area (Å²) in [6, 6.07) is 0. The average molecular weight is 303 g/mol. The van der Waals surface area contributed by atoms with Crippen molar-refractivity contribution < 1.29 is 35.7 Å². The van der Waals surface area contributed by atoms with Crippen LogP contribution in [0.5, 0.6) is 0 Å². The molecule has 0 aromatic carbocycles. The topological polar surface area (TPSA) is 86.7 Å². The maximum absolute atomic E-state index is 7.56. The van der Waals surface area contributed by atoms with E-state index in [4.69, 9.17) is 20.4 Å². The fourth-order valence-electron chi connectivity index (χ4n) is 0. The van der Waals surface area contributed by atoms with Gasteiger partial charge in [0.25, 0.3) is 0 Å². The van der Waals surface area contributed by atoms with Crippen molar-refractivity contribution in [1.82, 2.24) is 0 Å². The van der Waals surface area contributed by atoms with E-state index in [0.29, 0.717) is 0 Å². The van der Waals surface area contributed by atoms with Gasteiger partial charge < -0.3 is 20.4 Å². The Kier molecular flexibility index (Phi) is 15.0. The molecule has 0 rings (SSSR count). The smallest absolute Gasteiger partial charge is 0.319 e. The third-order valence-corrected chi connectivity index (χ3v) is 0. The zero-order valence-electron chi connectivity index (χ0n) is 4.54. The Hall–Kier alpha value is 1.46. The van der Waals surface area contributed by atoms with Crippen LogP contribution in [-0.2, 0) is 32.9 Å². The Morgan fingerprint density at radius 2 is 1.40 bits per heavy atom. The van der Waals surface area contributed by atoms with Gasteiger partial charge in [-0.3, -0.25) is 0 Å². The van der Waals surface area contributed by atoms with E-state index in [1.54, 1.807) is 0 Å². The van der Waals surface area contributed by atoms with Gasteiger partial charge in [-0.15, -0.1) is 12.6 Å². The molecule has 0 atom stereocenters. The Bertz CT molecular complexity index is 123. The van der Waals surface area contributed by atoms with Crippen molar-refractivity contribution in [1.29, 1.82) is 0 Å². The van der Waals surface area contributed by atoms with Crippen LogP contribution in [0.3, 0.4) is 0 Å². The normalized spacial score (nSPS) is 8.40. The Balaban J connectivity index is -0.0000000910. The second-order valence-corrected chi connectivity index (χ2v) is 4.57. The molecule has 0 amide bonds. The molecule has 0 spiro atoms. The minimum Gasteiger partial charge on any atom is -0.385 e. The molecule has 0 aromatic rings. The summed E-state index contributed by atoms with van der Waals surface area (Å²) in [5, 5.41) is 0. The molecule has 0 aliphatic carbocycles. The first-order valence-corrected chi connectivity index (χ1v) is 5.02. The Labute approximate surface area is 88.7 Å². The molecular formula is CH6MoNO3PS3. The number of hydrogen-bond acceptors (Lipinski definition) is 2. The van der Waals surface area contributed by atoms with Crippen molar-refractivity contribution in [2.24, 2.45) is 5.73 Å². The summed E-state index contributed by atoms with van der Waals surface area (Å²) in [4.78, 5) is 22.7. The molecule has 0 radical (unpaired) electrons. The van der Waals surface area contributed by atoms with Gasteiger partial charge in [-0.05, 0) is 11.8 Å². The predicted octanol–water partition coefficient (Wildman–Crippen LogP) is -0.655. The van der Waals surface area contributed by atoms with E-state index in [0.717, 1.165) is 0 Å². The van der Waals surface area contributed by atoms with Gasteiger partial charge in [0.2, 0.25) is 0 Å². The molecule has 0 saturated heterocycles. The first-order chi connectivity index (χ1) is 3.73. The summed E-state index contributed by atoms with van der Waals surface area (Å²) in [5.74, 6) is 0. The minimum absolute atomic E-state index is 0. The Morgan fingerprint density at radius 1 is 1.40 bits per heavy atom. The molecule has 9 heteroatoms. The number of rotatable bonds is 0. The SMILES string of the molecule is NC(=S)S.OP(O)(O)=S.[Mo]. The van der Waals surface area contributed by atoms with Crippen molar-refractivity contribution in [3.8, 4) is 0 Å². The summed E-state index contributed by atoms with van der Waals surface area (Å²) in [6.07, 6.45) is 0. The van der Waals surface area contributed by atoms with Crippen LogP contribution in [-0.4, -0.2) is 19.0 Å². The molecule has 0 aliphatic rings. The van der Waals surface area contributed by atoms with Gasteiger partial charge in [0, 0.05) is 21.1 Å². The molecule has 0 unspecified atom stereocenters. The van der Waals surface area contributed by atoms with Gasteiger partial charge in [-0.1, -0.05) is 12.2 Å². The standard InChI is InChI=1S/CH3NS2.Mo.H3O3PS/c2-1(3)4;;1-4(2,3)5/h(H3,2,3,4);;(H3,1,2,3,5). The maximum atomic E-state index is 7.56. The van der Waals surface area contributed by atoms with Gasteiger partial charge in [-0.2, -0.15) is 0 Å². The van der Waals surface area contributed by atoms with Crippen LogP contribution in [0.1, 0.15) is 0 Å². The zero-order chi connectivity index (χ0) is 8.08. The van der Waals surface area contributed by atoms with Crippen LogP contribution in [0, 0.1) is 0 Å². The largest absolute Gasteiger partial charge is 0.385 e. The summed E-state index contributed by atoms with van der Waals surface area (Å²) < 4.78 is 0.194. The summed E-state index contributed by atoms with van der Waals surface area (Å²) in [5.41, 5.74) is 4.71. The molecule has 0 fully saturated rings. The molecule has 0 aromatic heterocycles. The number of thiol groups is 1. The molecular weight excluding hydrogens is 297 g/mol. The van der Waals surface area contributed by atoms with E-state index < -0.39 is 6.72 Å². The van der Waals surface area contributed by atoms with Gasteiger partial charge >= 0.3 is 6.72 Å². The Morgan fingerprint density at radius 3 is 1.40 bits per heavy atom. The van der Waals surface area contributed by atoms with Gasteiger partial charge in [-0.25, -0.2) is 0 Å². The number of hydrogen-bond donors (Lipinski definition) is 5. The number of nitrogens with two attached hydrogens (primary N) is 1. The first kappa shape index (κ1) is 17.5. The second kappa shape index (κ2) is 8.55. The maximum Gasteiger partial charge on any atom is 0.319 e. The van der Waals surface area contributed by atoms with E-state index in [2.05, 4.69) is 36.7 Å². The summed E-state index contributed by atoms with van der Waals surface area (Å²) in [6.45, 7) is -3.81. The zero-order valence-corrected chi connectivity index (χ0v) is 9.97. The van der Waals surface area contributed by atoms with Gasteiger partial charge in [0.05, 0.1) is 0 Å². The van der Waals surface area contributed by atoms with E-state index >= 15 is 0 Å². The first-order valence-electron chi connectivity index (χ1n) is 1.50. The van der Waals surface area contributed by atoms with Crippen molar-refractivity contribution in [3.05, 3.63) is 0 Å². The quantitative estimate of drug-likeness (QED) is 0.177. The van der Waals surface area contributed by atoms with Crippen LogP contribution in [0.25, 0.3) is 0 Å². The van der Waals surface area contributed by atoms with Crippen molar-refractivity contribution in [2.45, 2.75) is 0 Å². The molecule has 5 N–H and O–H groups in total. The van der Waals surface area contributed by atoms with E-state index in [1.807, 2.05) is 0 Å². The van der Waals surface area contributed by atoms with Crippen molar-refractivity contribution in [3.63, 3.8) is 0 Å². The fourth-order valence-corrected chi connectivity index (χ4v) is 0. The molecule has 62 valence electrons. The molecule has 0 bridgehead atoms. The fraction of sp³-hybridized carbons (Fsp3) is 0. The number of thiocarbonyl (C=S) groups is 1. The molecule has 0 heterocycles. The van der Waals surface area contributed by atoms with E-state index in [1.165, 1.54) is 0 Å². The van der Waals surface area contributed by atoms with Crippen LogP contribution in [0.4, 0.5) is 0 Å². The van der Waals surface area contributed by atoms with Crippen LogP contribution < -0.4 is 5.73 Å². The molecule has 10 heavy (non-hydrogen) atoms. The predicted molar refractivity (Wildman–Crippen MR) is 46.7 cm³/mol. The third-order valence-electron chi connectivity index (χ3n) is 0. The van der Waals surface area contributed by atoms with Crippen molar-refractivity contribution >= 4 is 47.7 Å². The van der Waals surface area contributed by atoms with Gasteiger partial charge in [0.1, 0.15) is 4.32 Å². The molecule has 4 nitrogen and oxygen atoms in total. The van der Waals surface area contributed by atoms with Gasteiger partial charge in [0.15, 0.2) is 0 Å². The van der Waals surface area contributed by atoms with Crippen LogP contribution >= 0.6 is 31.6 Å². The van der Waals surface area contributed by atoms with E-state index in [9.17, 15) is 0 Å². The van der Waals surface area contributed by atoms with Crippen molar-refractivity contribution in [2.75, 3.05) is 0 Å². The summed E-state index contributed by atoms with van der Waals surface area (Å²) >= 11 is 11.3. The monoisotopic (exact) mass is 305 g/mol. The second-order valence-electron chi connectivity index (χ2n) is 0.852. The summed E-state index contributed by atoms with van der Waals surface area (Å²) in [7, 11) is 0. The average Bonchev–Trinajstić information content (AvgIpc) is 1.19. The minimum atomic E-state index is -3.81. The van der Waals surface area contributed by atoms with E-state index in [-0.39, 0.29) is 25.4 Å². The van der Waals surface area contributed by atoms with Crippen LogP contribution in [0.2, 0.25) is 0 Å². The third kappa shape index (κ3) is 318. The molecule has 0 saturated carbocycles.